The highest BCUT2D eigenvalue weighted by atomic mass is 32.1. The molecule has 0 bridgehead atoms. The molecule has 0 spiro atoms. The van der Waals surface area contributed by atoms with Crippen LogP contribution < -0.4 is 9.64 Å². The van der Waals surface area contributed by atoms with Crippen LogP contribution in [-0.2, 0) is 6.54 Å². The molecule has 0 N–H and O–H groups in total. The van der Waals surface area contributed by atoms with Gasteiger partial charge in [-0.1, -0.05) is 23.5 Å². The highest BCUT2D eigenvalue weighted by Crippen LogP contribution is 2.33. The maximum Gasteiger partial charge on any atom is 0.260 e. The Kier molecular flexibility index (Phi) is 5.77. The molecule has 0 atom stereocenters. The number of hydrogen-bond acceptors (Lipinski definition) is 5. The number of pyridine rings is 1. The number of carbonyl (C=O) groups is 1. The molecule has 0 aliphatic rings. The number of ether oxygens (including phenoxy) is 1. The minimum absolute atomic E-state index is 0.102. The molecule has 0 unspecified atom stereocenters. The maximum atomic E-state index is 13.5. The molecule has 6 heteroatoms. The number of aryl methyl sites for hydroxylation is 2. The van der Waals surface area contributed by atoms with Gasteiger partial charge in [0.1, 0.15) is 5.75 Å². The average molecular weight is 418 g/mol. The van der Waals surface area contributed by atoms with E-state index in [0.29, 0.717) is 23.8 Å². The van der Waals surface area contributed by atoms with Crippen molar-refractivity contribution in [1.29, 1.82) is 0 Å². The van der Waals surface area contributed by atoms with Gasteiger partial charge < -0.3 is 4.74 Å². The van der Waals surface area contributed by atoms with E-state index in [9.17, 15) is 4.79 Å². The van der Waals surface area contributed by atoms with Gasteiger partial charge in [0.25, 0.3) is 5.91 Å². The molecule has 5 nitrogen and oxygen atoms in total. The Morgan fingerprint density at radius 3 is 2.63 bits per heavy atom. The van der Waals surface area contributed by atoms with Crippen molar-refractivity contribution in [3.8, 4) is 5.75 Å². The van der Waals surface area contributed by atoms with Crippen LogP contribution in [-0.4, -0.2) is 22.5 Å². The summed E-state index contributed by atoms with van der Waals surface area (Å²) in [6, 6.07) is 15.3. The zero-order valence-corrected chi connectivity index (χ0v) is 18.1. The Morgan fingerprint density at radius 2 is 1.93 bits per heavy atom. The molecule has 0 radical (unpaired) electrons. The first-order valence-corrected chi connectivity index (χ1v) is 10.7. The van der Waals surface area contributed by atoms with Gasteiger partial charge >= 0.3 is 0 Å². The van der Waals surface area contributed by atoms with Gasteiger partial charge in [0.2, 0.25) is 0 Å². The summed E-state index contributed by atoms with van der Waals surface area (Å²) in [4.78, 5) is 24.2. The molecule has 0 aliphatic heterocycles. The van der Waals surface area contributed by atoms with Gasteiger partial charge in [-0.05, 0) is 73.9 Å². The van der Waals surface area contributed by atoms with Crippen LogP contribution in [0.3, 0.4) is 0 Å². The van der Waals surface area contributed by atoms with Crippen LogP contribution in [0.5, 0.6) is 5.75 Å². The van der Waals surface area contributed by atoms with Crippen LogP contribution in [0, 0.1) is 13.8 Å². The van der Waals surface area contributed by atoms with Crippen LogP contribution in [0.25, 0.3) is 10.2 Å². The van der Waals surface area contributed by atoms with Crippen molar-refractivity contribution < 1.29 is 9.53 Å². The minimum Gasteiger partial charge on any atom is -0.494 e. The van der Waals surface area contributed by atoms with E-state index in [-0.39, 0.29) is 5.91 Å². The van der Waals surface area contributed by atoms with E-state index >= 15 is 0 Å². The second-order valence-corrected chi connectivity index (χ2v) is 8.11. The van der Waals surface area contributed by atoms with Gasteiger partial charge in [0.15, 0.2) is 5.13 Å². The molecular weight excluding hydrogens is 394 g/mol. The normalized spacial score (nSPS) is 10.9. The number of thiazole rings is 1. The fraction of sp³-hybridized carbons (Fsp3) is 0.208. The molecule has 4 aromatic rings. The molecule has 0 fully saturated rings. The first-order chi connectivity index (χ1) is 14.5. The van der Waals surface area contributed by atoms with Crippen LogP contribution >= 0.6 is 11.3 Å². The maximum absolute atomic E-state index is 13.5. The lowest BCUT2D eigenvalue weighted by Crippen LogP contribution is -2.30. The number of hydrogen-bond donors (Lipinski definition) is 0. The Hall–Kier alpha value is -3.25. The SMILES string of the molecule is CCOc1ccc(C(=O)N(Cc2cccnc2)c2nc3cc(C)cc(C)c3s2)cc1. The minimum atomic E-state index is -0.102. The van der Waals surface area contributed by atoms with E-state index in [1.54, 1.807) is 40.8 Å². The quantitative estimate of drug-likeness (QED) is 0.412. The van der Waals surface area contributed by atoms with Crippen molar-refractivity contribution in [2.45, 2.75) is 27.3 Å². The van der Waals surface area contributed by atoms with E-state index in [2.05, 4.69) is 31.0 Å². The molecule has 0 aliphatic carbocycles. The van der Waals surface area contributed by atoms with E-state index < -0.39 is 0 Å². The smallest absolute Gasteiger partial charge is 0.260 e. The number of carbonyl (C=O) groups excluding carboxylic acids is 1. The van der Waals surface area contributed by atoms with E-state index in [1.165, 1.54) is 5.56 Å². The lowest BCUT2D eigenvalue weighted by molar-refractivity contribution is 0.0985. The van der Waals surface area contributed by atoms with Gasteiger partial charge in [-0.25, -0.2) is 4.98 Å². The monoisotopic (exact) mass is 417 g/mol. The van der Waals surface area contributed by atoms with Crippen LogP contribution in [0.4, 0.5) is 5.13 Å². The zero-order chi connectivity index (χ0) is 21.1. The Morgan fingerprint density at radius 1 is 1.13 bits per heavy atom. The van der Waals surface area contributed by atoms with Crippen LogP contribution in [0.15, 0.2) is 60.9 Å². The van der Waals surface area contributed by atoms with Crippen molar-refractivity contribution in [3.63, 3.8) is 0 Å². The van der Waals surface area contributed by atoms with Crippen LogP contribution in [0.2, 0.25) is 0 Å². The Labute approximate surface area is 180 Å². The Balaban J connectivity index is 1.74. The molecule has 4 rings (SSSR count). The average Bonchev–Trinajstić information content (AvgIpc) is 3.17. The fourth-order valence-corrected chi connectivity index (χ4v) is 4.41. The standard InChI is InChI=1S/C24H23N3O2S/c1-4-29-20-9-7-19(8-10-20)23(28)27(15-18-6-5-11-25-14-18)24-26-21-13-16(2)12-17(3)22(21)30-24/h5-14H,4,15H2,1-3H3. The number of aromatic nitrogens is 2. The predicted octanol–water partition coefficient (Wildman–Crippen LogP) is 5.55. The van der Waals surface area contributed by atoms with Gasteiger partial charge in [-0.2, -0.15) is 0 Å². The topological polar surface area (TPSA) is 55.3 Å². The summed E-state index contributed by atoms with van der Waals surface area (Å²) in [6.45, 7) is 7.06. The number of rotatable bonds is 6. The molecule has 2 heterocycles. The summed E-state index contributed by atoms with van der Waals surface area (Å²) < 4.78 is 6.61. The molecule has 0 saturated heterocycles. The van der Waals surface area contributed by atoms with E-state index in [4.69, 9.17) is 9.72 Å². The summed E-state index contributed by atoms with van der Waals surface area (Å²) in [5, 5.41) is 0.682. The summed E-state index contributed by atoms with van der Waals surface area (Å²) >= 11 is 1.54. The van der Waals surface area contributed by atoms with E-state index in [1.807, 2.05) is 31.2 Å². The van der Waals surface area contributed by atoms with Crippen molar-refractivity contribution in [3.05, 3.63) is 83.2 Å². The first-order valence-electron chi connectivity index (χ1n) is 9.86. The third-order valence-corrected chi connectivity index (χ3v) is 5.99. The number of anilines is 1. The van der Waals surface area contributed by atoms with E-state index in [0.717, 1.165) is 27.1 Å². The van der Waals surface area contributed by atoms with Crippen molar-refractivity contribution >= 4 is 32.6 Å². The first kappa shape index (κ1) is 20.0. The number of amides is 1. The lowest BCUT2D eigenvalue weighted by atomic mass is 10.1. The number of nitrogens with zero attached hydrogens (tertiary/aromatic N) is 3. The second kappa shape index (κ2) is 8.63. The molecule has 2 aromatic heterocycles. The highest BCUT2D eigenvalue weighted by molar-refractivity contribution is 7.22. The lowest BCUT2D eigenvalue weighted by Gasteiger charge is -2.20. The van der Waals surface area contributed by atoms with Gasteiger partial charge in [-0.3, -0.25) is 14.7 Å². The fourth-order valence-electron chi connectivity index (χ4n) is 3.40. The van der Waals surface area contributed by atoms with Gasteiger partial charge in [0, 0.05) is 18.0 Å². The van der Waals surface area contributed by atoms with Crippen molar-refractivity contribution in [2.75, 3.05) is 11.5 Å². The molecular formula is C24H23N3O2S. The summed E-state index contributed by atoms with van der Waals surface area (Å²) in [5.41, 5.74) is 4.79. The summed E-state index contributed by atoms with van der Waals surface area (Å²) in [6.07, 6.45) is 3.51. The second-order valence-electron chi connectivity index (χ2n) is 7.14. The third-order valence-electron chi connectivity index (χ3n) is 4.76. The summed E-state index contributed by atoms with van der Waals surface area (Å²) in [5.74, 6) is 0.647. The van der Waals surface area contributed by atoms with Crippen molar-refractivity contribution in [1.82, 2.24) is 9.97 Å². The largest absolute Gasteiger partial charge is 0.494 e. The number of fused-ring (bicyclic) bond motifs is 1. The van der Waals surface area contributed by atoms with Gasteiger partial charge in [-0.15, -0.1) is 0 Å². The highest BCUT2D eigenvalue weighted by Gasteiger charge is 2.22. The zero-order valence-electron chi connectivity index (χ0n) is 17.3. The molecule has 30 heavy (non-hydrogen) atoms. The molecule has 152 valence electrons. The Bertz CT molecular complexity index is 1170. The third kappa shape index (κ3) is 4.19. The molecule has 2 aromatic carbocycles. The number of benzene rings is 2. The molecule has 1 amide bonds. The predicted molar refractivity (Wildman–Crippen MR) is 121 cm³/mol. The molecule has 0 saturated carbocycles. The van der Waals surface area contributed by atoms with Crippen LogP contribution in [0.1, 0.15) is 34.0 Å². The summed E-state index contributed by atoms with van der Waals surface area (Å²) in [7, 11) is 0. The van der Waals surface area contributed by atoms with Crippen molar-refractivity contribution in [2.24, 2.45) is 0 Å². The van der Waals surface area contributed by atoms with Gasteiger partial charge in [0.05, 0.1) is 23.4 Å².